The molecule has 0 heterocycles. The largest absolute Gasteiger partial charge is 0.439 e. The molecule has 1 rings (SSSR count). The standard InChI is InChI=1S/C10H11N3O6/c1-7(6-12(15)16)19-10(14)11-8-4-2-3-5-9(8)13(17)18/h2-5,7H,6H2,1H3,(H,11,14). The van der Waals surface area contributed by atoms with E-state index in [0.29, 0.717) is 0 Å². The zero-order chi connectivity index (χ0) is 14.4. The Morgan fingerprint density at radius 1 is 1.37 bits per heavy atom. The predicted octanol–water partition coefficient (Wildman–Crippen LogP) is 1.81. The molecular formula is C10H11N3O6. The van der Waals surface area contributed by atoms with Crippen LogP contribution < -0.4 is 5.32 Å². The van der Waals surface area contributed by atoms with E-state index in [9.17, 15) is 25.0 Å². The summed E-state index contributed by atoms with van der Waals surface area (Å²) in [7, 11) is 0. The Bertz CT molecular complexity index is 504. The first kappa shape index (κ1) is 14.4. The van der Waals surface area contributed by atoms with Crippen LogP contribution in [0.3, 0.4) is 0 Å². The van der Waals surface area contributed by atoms with Gasteiger partial charge in [-0.3, -0.25) is 25.5 Å². The van der Waals surface area contributed by atoms with E-state index in [1.807, 2.05) is 0 Å². The summed E-state index contributed by atoms with van der Waals surface area (Å²) in [5.74, 6) is 0. The number of ether oxygens (including phenoxy) is 1. The van der Waals surface area contributed by atoms with Gasteiger partial charge in [0.2, 0.25) is 6.54 Å². The highest BCUT2D eigenvalue weighted by Crippen LogP contribution is 2.23. The molecule has 0 aromatic heterocycles. The van der Waals surface area contributed by atoms with Crippen LogP contribution in [0.2, 0.25) is 0 Å². The topological polar surface area (TPSA) is 125 Å². The summed E-state index contributed by atoms with van der Waals surface area (Å²) in [6, 6.07) is 5.50. The Balaban J connectivity index is 2.67. The second-order valence-electron chi connectivity index (χ2n) is 3.63. The second-order valence-corrected chi connectivity index (χ2v) is 3.63. The molecule has 0 radical (unpaired) electrons. The van der Waals surface area contributed by atoms with Gasteiger partial charge in [0, 0.05) is 11.0 Å². The fraction of sp³-hybridized carbons (Fsp3) is 0.300. The minimum absolute atomic E-state index is 0.0363. The maximum Gasteiger partial charge on any atom is 0.412 e. The summed E-state index contributed by atoms with van der Waals surface area (Å²) in [5, 5.41) is 23.1. The molecule has 1 amide bonds. The molecule has 0 fully saturated rings. The summed E-state index contributed by atoms with van der Waals surface area (Å²) < 4.78 is 4.69. The lowest BCUT2D eigenvalue weighted by Gasteiger charge is -2.10. The van der Waals surface area contributed by atoms with Gasteiger partial charge in [-0.15, -0.1) is 0 Å². The van der Waals surface area contributed by atoms with E-state index in [-0.39, 0.29) is 11.4 Å². The average Bonchev–Trinajstić information content (AvgIpc) is 2.27. The smallest absolute Gasteiger partial charge is 0.412 e. The molecule has 0 saturated heterocycles. The van der Waals surface area contributed by atoms with Crippen molar-refractivity contribution in [3.8, 4) is 0 Å². The Morgan fingerprint density at radius 2 is 2.00 bits per heavy atom. The van der Waals surface area contributed by atoms with Crippen LogP contribution in [0.15, 0.2) is 24.3 Å². The Hall–Kier alpha value is -2.71. The molecule has 9 heteroatoms. The van der Waals surface area contributed by atoms with Gasteiger partial charge in [0.05, 0.1) is 4.92 Å². The molecule has 9 nitrogen and oxygen atoms in total. The molecule has 1 aromatic rings. The lowest BCUT2D eigenvalue weighted by molar-refractivity contribution is -0.488. The SMILES string of the molecule is CC(C[N+](=O)[O-])OC(=O)Nc1ccccc1[N+](=O)[O-]. The van der Waals surface area contributed by atoms with Crippen molar-refractivity contribution >= 4 is 17.5 Å². The van der Waals surface area contributed by atoms with Gasteiger partial charge in [0.15, 0.2) is 6.10 Å². The number of amides is 1. The van der Waals surface area contributed by atoms with Crippen molar-refractivity contribution in [2.75, 3.05) is 11.9 Å². The highest BCUT2D eigenvalue weighted by atomic mass is 16.6. The number of nitro groups is 2. The molecular weight excluding hydrogens is 258 g/mol. The molecule has 102 valence electrons. The zero-order valence-electron chi connectivity index (χ0n) is 9.94. The number of benzene rings is 1. The number of hydrogen-bond donors (Lipinski definition) is 1. The molecule has 0 aliphatic carbocycles. The molecule has 0 spiro atoms. The molecule has 1 aromatic carbocycles. The summed E-state index contributed by atoms with van der Waals surface area (Å²) in [5.41, 5.74) is -0.327. The fourth-order valence-corrected chi connectivity index (χ4v) is 1.31. The number of nitro benzene ring substituents is 1. The van der Waals surface area contributed by atoms with E-state index in [1.165, 1.54) is 31.2 Å². The number of anilines is 1. The number of nitrogens with one attached hydrogen (secondary N) is 1. The molecule has 1 unspecified atom stereocenters. The Morgan fingerprint density at radius 3 is 2.58 bits per heavy atom. The monoisotopic (exact) mass is 269 g/mol. The van der Waals surface area contributed by atoms with Gasteiger partial charge in [0.25, 0.3) is 5.69 Å². The van der Waals surface area contributed by atoms with Crippen LogP contribution in [0.5, 0.6) is 0 Å². The van der Waals surface area contributed by atoms with Crippen LogP contribution in [0.1, 0.15) is 6.92 Å². The van der Waals surface area contributed by atoms with Gasteiger partial charge in [-0.05, 0) is 13.0 Å². The highest BCUT2D eigenvalue weighted by molar-refractivity contribution is 5.87. The molecule has 19 heavy (non-hydrogen) atoms. The first-order valence-corrected chi connectivity index (χ1v) is 5.23. The summed E-state index contributed by atoms with van der Waals surface area (Å²) in [6.07, 6.45) is -1.92. The van der Waals surface area contributed by atoms with Gasteiger partial charge < -0.3 is 4.74 Å². The summed E-state index contributed by atoms with van der Waals surface area (Å²) in [4.78, 5) is 31.0. The molecule has 0 bridgehead atoms. The van der Waals surface area contributed by atoms with Crippen LogP contribution in [-0.2, 0) is 4.74 Å². The van der Waals surface area contributed by atoms with Crippen LogP contribution in [-0.4, -0.2) is 28.6 Å². The molecule has 1 N–H and O–H groups in total. The lowest BCUT2D eigenvalue weighted by atomic mass is 10.3. The van der Waals surface area contributed by atoms with E-state index in [2.05, 4.69) is 10.1 Å². The van der Waals surface area contributed by atoms with E-state index in [4.69, 9.17) is 0 Å². The zero-order valence-corrected chi connectivity index (χ0v) is 9.94. The van der Waals surface area contributed by atoms with E-state index < -0.39 is 28.6 Å². The van der Waals surface area contributed by atoms with E-state index in [1.54, 1.807) is 0 Å². The van der Waals surface area contributed by atoms with Gasteiger partial charge in [-0.25, -0.2) is 4.79 Å². The molecule has 1 atom stereocenters. The van der Waals surface area contributed by atoms with Gasteiger partial charge >= 0.3 is 6.09 Å². The van der Waals surface area contributed by atoms with E-state index >= 15 is 0 Å². The van der Waals surface area contributed by atoms with Crippen molar-refractivity contribution in [3.05, 3.63) is 44.5 Å². The summed E-state index contributed by atoms with van der Waals surface area (Å²) in [6.45, 7) is 0.812. The maximum atomic E-state index is 11.4. The van der Waals surface area contributed by atoms with Crippen molar-refractivity contribution in [1.82, 2.24) is 0 Å². The highest BCUT2D eigenvalue weighted by Gasteiger charge is 2.18. The third-order valence-corrected chi connectivity index (χ3v) is 2.05. The van der Waals surface area contributed by atoms with Crippen molar-refractivity contribution in [2.45, 2.75) is 13.0 Å². The van der Waals surface area contributed by atoms with Crippen molar-refractivity contribution in [1.29, 1.82) is 0 Å². The number of nitrogens with zero attached hydrogens (tertiary/aromatic N) is 2. The lowest BCUT2D eigenvalue weighted by Crippen LogP contribution is -2.26. The minimum atomic E-state index is -0.983. The predicted molar refractivity (Wildman–Crippen MR) is 64.5 cm³/mol. The number of para-hydroxylation sites is 2. The number of carbonyl (C=O) groups excluding carboxylic acids is 1. The van der Waals surface area contributed by atoms with E-state index in [0.717, 1.165) is 0 Å². The van der Waals surface area contributed by atoms with Crippen molar-refractivity contribution in [3.63, 3.8) is 0 Å². The number of rotatable bonds is 5. The van der Waals surface area contributed by atoms with Crippen LogP contribution in [0, 0.1) is 20.2 Å². The summed E-state index contributed by atoms with van der Waals surface area (Å²) >= 11 is 0. The third-order valence-electron chi connectivity index (χ3n) is 2.05. The van der Waals surface area contributed by atoms with Crippen LogP contribution >= 0.6 is 0 Å². The van der Waals surface area contributed by atoms with Crippen molar-refractivity contribution in [2.24, 2.45) is 0 Å². The van der Waals surface area contributed by atoms with Crippen molar-refractivity contribution < 1.29 is 19.4 Å². The average molecular weight is 269 g/mol. The quantitative estimate of drug-likeness (QED) is 0.641. The number of carbonyl (C=O) groups is 1. The van der Waals surface area contributed by atoms with Crippen LogP contribution in [0.4, 0.5) is 16.2 Å². The van der Waals surface area contributed by atoms with Gasteiger partial charge in [0.1, 0.15) is 5.69 Å². The minimum Gasteiger partial charge on any atom is -0.439 e. The molecule has 0 saturated carbocycles. The maximum absolute atomic E-state index is 11.4. The van der Waals surface area contributed by atoms with Gasteiger partial charge in [-0.2, -0.15) is 0 Å². The normalized spacial score (nSPS) is 11.4. The molecule has 0 aliphatic heterocycles. The van der Waals surface area contributed by atoms with Crippen LogP contribution in [0.25, 0.3) is 0 Å². The Labute approximate surface area is 107 Å². The first-order valence-electron chi connectivity index (χ1n) is 5.23. The third kappa shape index (κ3) is 4.58. The second kappa shape index (κ2) is 6.28. The Kier molecular flexibility index (Phi) is 4.75. The number of hydrogen-bond acceptors (Lipinski definition) is 6. The van der Waals surface area contributed by atoms with Gasteiger partial charge in [-0.1, -0.05) is 12.1 Å². The first-order chi connectivity index (χ1) is 8.90. The fourth-order valence-electron chi connectivity index (χ4n) is 1.31. The molecule has 0 aliphatic rings.